The average Bonchev–Trinajstić information content (AvgIpc) is 2.53. The zero-order valence-corrected chi connectivity index (χ0v) is 8.57. The molecule has 0 aliphatic heterocycles. The average molecular weight is 189 g/mol. The second-order valence-electron chi connectivity index (χ2n) is 3.07. The maximum Gasteiger partial charge on any atom is 0.0120 e. The molecule has 1 aromatic carbocycles. The van der Waals surface area contributed by atoms with Crippen LogP contribution in [0.3, 0.4) is 0 Å². The molecule has 2 rings (SSSR count). The summed E-state index contributed by atoms with van der Waals surface area (Å²) in [6.45, 7) is 2.12. The van der Waals surface area contributed by atoms with E-state index in [2.05, 4.69) is 60.1 Å². The Morgan fingerprint density at radius 3 is 2.46 bits per heavy atom. The Morgan fingerprint density at radius 1 is 1.08 bits per heavy atom. The van der Waals surface area contributed by atoms with Gasteiger partial charge in [-0.3, -0.25) is 0 Å². The van der Waals surface area contributed by atoms with Gasteiger partial charge in [0.05, 0.1) is 0 Å². The Hall–Kier alpha value is -1.07. The van der Waals surface area contributed by atoms with E-state index in [1.54, 1.807) is 0 Å². The molecular weight excluding hydrogens is 177 g/mol. The predicted octanol–water partition coefficient (Wildman–Crippen LogP) is 2.56. The van der Waals surface area contributed by atoms with Gasteiger partial charge in [0.15, 0.2) is 0 Å². The quantitative estimate of drug-likeness (QED) is 0.640. The summed E-state index contributed by atoms with van der Waals surface area (Å²) in [5, 5.41) is 1.37. The van der Waals surface area contributed by atoms with Crippen LogP contribution < -0.4 is 5.30 Å². The molecule has 1 heterocycles. The first-order chi connectivity index (χ1) is 6.34. The van der Waals surface area contributed by atoms with Crippen molar-refractivity contribution in [1.82, 2.24) is 4.34 Å². The van der Waals surface area contributed by atoms with Crippen LogP contribution in [0.5, 0.6) is 0 Å². The van der Waals surface area contributed by atoms with Gasteiger partial charge in [-0.05, 0) is 23.9 Å². The van der Waals surface area contributed by atoms with Gasteiger partial charge in [-0.1, -0.05) is 30.3 Å². The molecule has 0 spiro atoms. The van der Waals surface area contributed by atoms with Crippen molar-refractivity contribution in [2.24, 2.45) is 0 Å². The van der Waals surface area contributed by atoms with Crippen molar-refractivity contribution < 1.29 is 0 Å². The lowest BCUT2D eigenvalue weighted by Gasteiger charge is -2.01. The van der Waals surface area contributed by atoms with Gasteiger partial charge in [-0.2, -0.15) is 0 Å². The highest BCUT2D eigenvalue weighted by molar-refractivity contribution is 7.45. The van der Waals surface area contributed by atoms with Gasteiger partial charge in [0.25, 0.3) is 0 Å². The monoisotopic (exact) mass is 189 g/mol. The van der Waals surface area contributed by atoms with E-state index in [1.807, 2.05) is 0 Å². The smallest absolute Gasteiger partial charge is 0.0120 e. The topological polar surface area (TPSA) is 4.93 Å². The van der Waals surface area contributed by atoms with E-state index >= 15 is 0 Å². The SMILES string of the molecule is Cc1ccn(Pc2ccccc2)c1. The minimum atomic E-state index is 0.714. The van der Waals surface area contributed by atoms with Crippen molar-refractivity contribution in [2.45, 2.75) is 6.92 Å². The van der Waals surface area contributed by atoms with Crippen molar-refractivity contribution in [2.75, 3.05) is 0 Å². The summed E-state index contributed by atoms with van der Waals surface area (Å²) in [7, 11) is 0.714. The summed E-state index contributed by atoms with van der Waals surface area (Å²) >= 11 is 0. The normalized spacial score (nSPS) is 11.2. The first-order valence-electron chi connectivity index (χ1n) is 4.31. The zero-order chi connectivity index (χ0) is 9.10. The lowest BCUT2D eigenvalue weighted by molar-refractivity contribution is 1.27. The zero-order valence-electron chi connectivity index (χ0n) is 7.57. The Bertz CT molecular complexity index is 378. The number of hydrogen-bond acceptors (Lipinski definition) is 0. The number of nitrogens with zero attached hydrogens (tertiary/aromatic N) is 1. The summed E-state index contributed by atoms with van der Waals surface area (Å²) in [6, 6.07) is 12.7. The number of aryl methyl sites for hydroxylation is 1. The van der Waals surface area contributed by atoms with Gasteiger partial charge < -0.3 is 4.34 Å². The molecular formula is C11H12NP. The third-order valence-electron chi connectivity index (χ3n) is 1.87. The van der Waals surface area contributed by atoms with E-state index in [0.29, 0.717) is 8.73 Å². The lowest BCUT2D eigenvalue weighted by atomic mass is 10.4. The summed E-state index contributed by atoms with van der Waals surface area (Å²) in [6.07, 6.45) is 4.30. The van der Waals surface area contributed by atoms with Crippen LogP contribution in [0.4, 0.5) is 0 Å². The van der Waals surface area contributed by atoms with Crippen LogP contribution in [0.15, 0.2) is 48.8 Å². The molecule has 1 aromatic heterocycles. The molecule has 0 saturated carbocycles. The van der Waals surface area contributed by atoms with Crippen molar-refractivity contribution in [3.8, 4) is 0 Å². The molecule has 0 radical (unpaired) electrons. The molecule has 0 bridgehead atoms. The Labute approximate surface area is 80.2 Å². The molecule has 2 heteroatoms. The Morgan fingerprint density at radius 2 is 1.85 bits per heavy atom. The second-order valence-corrected chi connectivity index (χ2v) is 4.39. The number of rotatable bonds is 2. The third-order valence-corrected chi connectivity index (χ3v) is 3.00. The van der Waals surface area contributed by atoms with E-state index in [9.17, 15) is 0 Å². The standard InChI is InChI=1S/C11H12NP/c1-10-7-8-12(9-10)13-11-5-3-2-4-6-11/h2-9,13H,1H3. The maximum atomic E-state index is 2.23. The fourth-order valence-electron chi connectivity index (χ4n) is 1.23. The molecule has 1 nitrogen and oxygen atoms in total. The van der Waals surface area contributed by atoms with Crippen molar-refractivity contribution in [3.05, 3.63) is 54.4 Å². The summed E-state index contributed by atoms with van der Waals surface area (Å²) < 4.78 is 2.23. The first-order valence-corrected chi connectivity index (χ1v) is 5.26. The molecule has 0 aliphatic rings. The number of aromatic nitrogens is 1. The molecule has 0 fully saturated rings. The van der Waals surface area contributed by atoms with Crippen LogP contribution in [0.2, 0.25) is 0 Å². The van der Waals surface area contributed by atoms with Gasteiger partial charge in [-0.25, -0.2) is 0 Å². The minimum absolute atomic E-state index is 0.714. The van der Waals surface area contributed by atoms with Crippen molar-refractivity contribution in [3.63, 3.8) is 0 Å². The molecule has 1 atom stereocenters. The molecule has 0 aliphatic carbocycles. The summed E-state index contributed by atoms with van der Waals surface area (Å²) in [4.78, 5) is 0. The van der Waals surface area contributed by atoms with Crippen LogP contribution in [-0.4, -0.2) is 4.34 Å². The molecule has 0 N–H and O–H groups in total. The third kappa shape index (κ3) is 2.19. The maximum absolute atomic E-state index is 2.23. The largest absolute Gasteiger partial charge is 0.331 e. The van der Waals surface area contributed by atoms with Gasteiger partial charge >= 0.3 is 0 Å². The van der Waals surface area contributed by atoms with E-state index in [-0.39, 0.29) is 0 Å². The number of hydrogen-bond donors (Lipinski definition) is 0. The minimum Gasteiger partial charge on any atom is -0.331 e. The van der Waals surface area contributed by atoms with Crippen LogP contribution in [-0.2, 0) is 0 Å². The highest BCUT2D eigenvalue weighted by atomic mass is 31.1. The van der Waals surface area contributed by atoms with E-state index < -0.39 is 0 Å². The fourth-order valence-corrected chi connectivity index (χ4v) is 2.29. The molecule has 0 saturated heterocycles. The summed E-state index contributed by atoms with van der Waals surface area (Å²) in [5.41, 5.74) is 1.32. The Kier molecular flexibility index (Phi) is 2.47. The molecule has 0 amide bonds. The summed E-state index contributed by atoms with van der Waals surface area (Å²) in [5.74, 6) is 0. The molecule has 13 heavy (non-hydrogen) atoms. The first kappa shape index (κ1) is 8.52. The molecule has 66 valence electrons. The van der Waals surface area contributed by atoms with Gasteiger partial charge in [-0.15, -0.1) is 0 Å². The highest BCUT2D eigenvalue weighted by Gasteiger charge is 1.93. The second kappa shape index (κ2) is 3.76. The van der Waals surface area contributed by atoms with Crippen molar-refractivity contribution >= 4 is 14.0 Å². The Balaban J connectivity index is 2.15. The van der Waals surface area contributed by atoms with Gasteiger partial charge in [0, 0.05) is 21.1 Å². The van der Waals surface area contributed by atoms with E-state index in [0.717, 1.165) is 0 Å². The number of benzene rings is 1. The highest BCUT2D eigenvalue weighted by Crippen LogP contribution is 2.15. The lowest BCUT2D eigenvalue weighted by Crippen LogP contribution is -1.94. The van der Waals surface area contributed by atoms with Crippen LogP contribution >= 0.6 is 8.73 Å². The van der Waals surface area contributed by atoms with Crippen molar-refractivity contribution in [1.29, 1.82) is 0 Å². The van der Waals surface area contributed by atoms with Crippen LogP contribution in [0.25, 0.3) is 0 Å². The molecule has 1 unspecified atom stereocenters. The van der Waals surface area contributed by atoms with Gasteiger partial charge in [0.2, 0.25) is 0 Å². The van der Waals surface area contributed by atoms with E-state index in [4.69, 9.17) is 0 Å². The predicted molar refractivity (Wildman–Crippen MR) is 59.0 cm³/mol. The van der Waals surface area contributed by atoms with Crippen LogP contribution in [0.1, 0.15) is 5.56 Å². The van der Waals surface area contributed by atoms with E-state index in [1.165, 1.54) is 10.9 Å². The fraction of sp³-hybridized carbons (Fsp3) is 0.0909. The van der Waals surface area contributed by atoms with Gasteiger partial charge in [0.1, 0.15) is 0 Å². The molecule has 2 aromatic rings. The van der Waals surface area contributed by atoms with Crippen LogP contribution in [0, 0.1) is 6.92 Å².